The summed E-state index contributed by atoms with van der Waals surface area (Å²) in [5.74, 6) is 3.54. The minimum Gasteiger partial charge on any atom is -0.454 e. The zero-order valence-corrected chi connectivity index (χ0v) is 50.3. The van der Waals surface area contributed by atoms with Crippen LogP contribution < -0.4 is 0 Å². The lowest BCUT2D eigenvalue weighted by atomic mass is 9.97. The molecule has 10 nitrogen and oxygen atoms in total. The highest BCUT2D eigenvalue weighted by Gasteiger charge is 2.23. The fourth-order valence-corrected chi connectivity index (χ4v) is 13.7. The molecule has 0 spiro atoms. The van der Waals surface area contributed by atoms with E-state index >= 15 is 0 Å². The molecule has 10 heteroatoms. The van der Waals surface area contributed by atoms with E-state index in [2.05, 4.69) is 228 Å². The third-order valence-electron chi connectivity index (χ3n) is 18.3. The number of hydrogen-bond donors (Lipinski definition) is 0. The molecule has 19 rings (SSSR count). The number of fused-ring (bicyclic) bond motifs is 14. The maximum absolute atomic E-state index is 6.64. The summed E-state index contributed by atoms with van der Waals surface area (Å²) in [5, 5.41) is 8.98. The highest BCUT2D eigenvalue weighted by molar-refractivity contribution is 6.23. The third kappa shape index (κ3) is 8.72. The van der Waals surface area contributed by atoms with Gasteiger partial charge in [-0.05, 0) is 113 Å². The van der Waals surface area contributed by atoms with Crippen LogP contribution in [0.15, 0.2) is 312 Å². The second-order valence-corrected chi connectivity index (χ2v) is 23.8. The number of furan rings is 2. The highest BCUT2D eigenvalue weighted by Crippen LogP contribution is 2.43. The number of benzene rings is 13. The van der Waals surface area contributed by atoms with E-state index in [0.29, 0.717) is 34.9 Å². The molecule has 19 aromatic rings. The Bertz CT molecular complexity index is 5810. The van der Waals surface area contributed by atoms with E-state index in [1.165, 1.54) is 0 Å². The monoisotopic (exact) mass is 1200 g/mol. The lowest BCUT2D eigenvalue weighted by molar-refractivity contribution is 0.670. The fourth-order valence-electron chi connectivity index (χ4n) is 13.7. The summed E-state index contributed by atoms with van der Waals surface area (Å²) in [6, 6.07) is 105. The van der Waals surface area contributed by atoms with Crippen molar-refractivity contribution in [2.75, 3.05) is 0 Å². The van der Waals surface area contributed by atoms with Gasteiger partial charge in [0.05, 0.1) is 22.1 Å². The molecule has 0 saturated carbocycles. The molecule has 0 bridgehead atoms. The van der Waals surface area contributed by atoms with Gasteiger partial charge >= 0.3 is 0 Å². The standard InChI is InChI=1S/C84H50N8O2/c1-3-16-53(17-4-1)79-85-81(89-83(87-79)57-38-42-61(43-39-57)91-71-26-11-7-22-63(71)67-46-48-69-65-24-9-13-28-73(65)93-77(69)75(67)91)55-34-30-51(31-35-55)59-20-15-21-60(50-59)52-32-36-56(37-33-52)82-86-80(54-18-5-2-6-19-54)88-84(90-82)58-40-44-62(45-41-58)92-72-27-12-8-23-64(72)68-47-49-70-66-25-10-14-29-74(66)94-78(70)76(68)92/h1-50H. The smallest absolute Gasteiger partial charge is 0.164 e. The van der Waals surface area contributed by atoms with Crippen LogP contribution in [0.25, 0.3) is 189 Å². The molecular weight excluding hydrogens is 1150 g/mol. The molecule has 0 aliphatic carbocycles. The van der Waals surface area contributed by atoms with Gasteiger partial charge in [-0.25, -0.2) is 29.9 Å². The second-order valence-electron chi connectivity index (χ2n) is 23.8. The molecule has 0 unspecified atom stereocenters. The Balaban J connectivity index is 0.621. The molecule has 6 heterocycles. The molecular formula is C84H50N8O2. The van der Waals surface area contributed by atoms with Crippen LogP contribution in [-0.2, 0) is 0 Å². The summed E-state index contributed by atoms with van der Waals surface area (Å²) in [6.07, 6.45) is 0. The van der Waals surface area contributed by atoms with Gasteiger partial charge in [-0.1, -0.05) is 212 Å². The molecule has 0 aliphatic rings. The molecule has 94 heavy (non-hydrogen) atoms. The molecule has 0 N–H and O–H groups in total. The van der Waals surface area contributed by atoms with Gasteiger partial charge in [0.15, 0.2) is 46.1 Å². The Hall–Kier alpha value is -12.9. The van der Waals surface area contributed by atoms with E-state index in [1.807, 2.05) is 84.9 Å². The molecule has 0 saturated heterocycles. The van der Waals surface area contributed by atoms with E-state index < -0.39 is 0 Å². The van der Waals surface area contributed by atoms with Crippen molar-refractivity contribution in [1.82, 2.24) is 39.0 Å². The lowest BCUT2D eigenvalue weighted by Crippen LogP contribution is -2.00. The summed E-state index contributed by atoms with van der Waals surface area (Å²) >= 11 is 0. The van der Waals surface area contributed by atoms with Crippen molar-refractivity contribution >= 4 is 87.5 Å². The van der Waals surface area contributed by atoms with Crippen LogP contribution in [-0.4, -0.2) is 39.0 Å². The first-order valence-electron chi connectivity index (χ1n) is 31.4. The molecule has 0 atom stereocenters. The molecule has 13 aromatic carbocycles. The van der Waals surface area contributed by atoms with Crippen molar-refractivity contribution in [3.8, 4) is 102 Å². The van der Waals surface area contributed by atoms with Gasteiger partial charge in [-0.3, -0.25) is 0 Å². The Morgan fingerprint density at radius 3 is 0.872 bits per heavy atom. The maximum atomic E-state index is 6.64. The van der Waals surface area contributed by atoms with Crippen molar-refractivity contribution in [3.05, 3.63) is 303 Å². The largest absolute Gasteiger partial charge is 0.454 e. The summed E-state index contributed by atoms with van der Waals surface area (Å²) in [6.45, 7) is 0. The molecule has 6 aromatic heterocycles. The predicted molar refractivity (Wildman–Crippen MR) is 380 cm³/mol. The zero-order valence-electron chi connectivity index (χ0n) is 50.3. The first-order chi connectivity index (χ1) is 46.6. The molecule has 0 amide bonds. The van der Waals surface area contributed by atoms with Crippen LogP contribution in [0.5, 0.6) is 0 Å². The minimum absolute atomic E-state index is 0.584. The minimum atomic E-state index is 0.584. The zero-order chi connectivity index (χ0) is 61.8. The maximum Gasteiger partial charge on any atom is 0.164 e. The Labute approximate surface area is 537 Å². The highest BCUT2D eigenvalue weighted by atomic mass is 16.3. The van der Waals surface area contributed by atoms with Crippen LogP contribution in [0.4, 0.5) is 0 Å². The average molecular weight is 1200 g/mol. The second kappa shape index (κ2) is 21.4. The van der Waals surface area contributed by atoms with Crippen molar-refractivity contribution in [2.45, 2.75) is 0 Å². The van der Waals surface area contributed by atoms with Gasteiger partial charge in [-0.15, -0.1) is 0 Å². The number of nitrogens with zero attached hydrogens (tertiary/aromatic N) is 8. The Morgan fingerprint density at radius 2 is 0.489 bits per heavy atom. The van der Waals surface area contributed by atoms with Gasteiger partial charge in [0.25, 0.3) is 0 Å². The molecule has 438 valence electrons. The summed E-state index contributed by atoms with van der Waals surface area (Å²) in [7, 11) is 0. The predicted octanol–water partition coefficient (Wildman–Crippen LogP) is 21.4. The van der Waals surface area contributed by atoms with Crippen molar-refractivity contribution in [2.24, 2.45) is 0 Å². The quantitative estimate of drug-likeness (QED) is 0.133. The Morgan fingerprint density at radius 1 is 0.202 bits per heavy atom. The van der Waals surface area contributed by atoms with Gasteiger partial charge in [0.2, 0.25) is 0 Å². The number of rotatable bonds is 10. The summed E-state index contributed by atoms with van der Waals surface area (Å²) in [4.78, 5) is 30.7. The van der Waals surface area contributed by atoms with Crippen molar-refractivity contribution in [3.63, 3.8) is 0 Å². The first-order valence-corrected chi connectivity index (χ1v) is 31.4. The fraction of sp³-hybridized carbons (Fsp3) is 0. The first kappa shape index (κ1) is 53.0. The SMILES string of the molecule is c1ccc(-c2nc(-c3ccc(-c4cccc(-c5ccc(-c6nc(-c7ccccc7)nc(-c7ccc(-n8c9ccccc9c9ccc%10c%11ccccc%11oc%10c98)cc7)n6)cc5)c4)cc3)nc(-c3ccc(-n4c5ccccc5c5ccc6c7ccccc7oc6c54)cc3)n2)cc1. The molecule has 0 radical (unpaired) electrons. The number of para-hydroxylation sites is 4. The van der Waals surface area contributed by atoms with Crippen LogP contribution >= 0.6 is 0 Å². The van der Waals surface area contributed by atoms with E-state index in [4.69, 9.17) is 38.7 Å². The van der Waals surface area contributed by atoms with Gasteiger partial charge in [-0.2, -0.15) is 0 Å². The summed E-state index contributed by atoms with van der Waals surface area (Å²) in [5.41, 5.74) is 19.4. The van der Waals surface area contributed by atoms with Gasteiger partial charge < -0.3 is 18.0 Å². The number of hydrogen-bond acceptors (Lipinski definition) is 8. The van der Waals surface area contributed by atoms with Crippen molar-refractivity contribution in [1.29, 1.82) is 0 Å². The van der Waals surface area contributed by atoms with Crippen molar-refractivity contribution < 1.29 is 8.83 Å². The van der Waals surface area contributed by atoms with Crippen LogP contribution in [0.3, 0.4) is 0 Å². The van der Waals surface area contributed by atoms with Crippen LogP contribution in [0.1, 0.15) is 0 Å². The average Bonchev–Trinajstić information content (AvgIpc) is 1.57. The van der Waals surface area contributed by atoms with Gasteiger partial charge in [0, 0.05) is 87.8 Å². The van der Waals surface area contributed by atoms with E-state index in [1.54, 1.807) is 0 Å². The van der Waals surface area contributed by atoms with Gasteiger partial charge in [0.1, 0.15) is 11.2 Å². The summed E-state index contributed by atoms with van der Waals surface area (Å²) < 4.78 is 17.9. The molecule has 0 aliphatic heterocycles. The van der Waals surface area contributed by atoms with E-state index in [-0.39, 0.29) is 0 Å². The third-order valence-corrected chi connectivity index (χ3v) is 18.3. The normalized spacial score (nSPS) is 11.8. The lowest BCUT2D eigenvalue weighted by Gasteiger charge is -2.12. The van der Waals surface area contributed by atoms with Crippen LogP contribution in [0, 0.1) is 0 Å². The van der Waals surface area contributed by atoms with E-state index in [9.17, 15) is 0 Å². The molecule has 0 fully saturated rings. The van der Waals surface area contributed by atoms with Crippen LogP contribution in [0.2, 0.25) is 0 Å². The topological polar surface area (TPSA) is 113 Å². The Kier molecular flexibility index (Phi) is 12.0. The number of aromatic nitrogens is 8. The van der Waals surface area contributed by atoms with E-state index in [0.717, 1.165) is 154 Å².